The molecular formula is C27H36N2O4. The summed E-state index contributed by atoms with van der Waals surface area (Å²) < 4.78 is 5.53. The number of furan rings is 1. The van der Waals surface area contributed by atoms with Gasteiger partial charge in [0, 0.05) is 6.54 Å². The maximum atomic E-state index is 13.3. The second kappa shape index (κ2) is 9.96. The normalized spacial score (nSPS) is 16.9. The Morgan fingerprint density at radius 3 is 2.24 bits per heavy atom. The van der Waals surface area contributed by atoms with Gasteiger partial charge in [0.25, 0.3) is 5.91 Å². The van der Waals surface area contributed by atoms with Crippen molar-refractivity contribution in [3.8, 4) is 0 Å². The fourth-order valence-corrected chi connectivity index (χ4v) is 4.32. The summed E-state index contributed by atoms with van der Waals surface area (Å²) in [5, 5.41) is 10.8. The van der Waals surface area contributed by atoms with Gasteiger partial charge in [-0.3, -0.25) is 9.59 Å². The zero-order valence-corrected chi connectivity index (χ0v) is 20.6. The predicted molar refractivity (Wildman–Crippen MR) is 129 cm³/mol. The Labute approximate surface area is 196 Å². The molecule has 1 aliphatic heterocycles. The molecule has 1 N–H and O–H groups in total. The van der Waals surface area contributed by atoms with Gasteiger partial charge in [0.15, 0.2) is 11.5 Å². The van der Waals surface area contributed by atoms with Crippen molar-refractivity contribution < 1.29 is 19.1 Å². The number of aliphatic hydroxyl groups excluding tert-OH is 1. The van der Waals surface area contributed by atoms with Gasteiger partial charge in [-0.1, -0.05) is 58.9 Å². The minimum Gasteiger partial charge on any atom is -0.503 e. The standard InChI is InChI=1S/C27H36N2O4/c1-7-28(8-2)16-9-17-29-23(19-11-13-20(14-12-19)27(4,5)6)22(25(31)26(29)32)24(30)21-15-10-18(3)33-21/h10-15,23,31H,7-9,16-17H2,1-6H3/t23-/m1/s1. The van der Waals surface area contributed by atoms with Gasteiger partial charge in [0.1, 0.15) is 5.76 Å². The Balaban J connectivity index is 1.97. The molecule has 178 valence electrons. The molecule has 1 amide bonds. The molecule has 0 radical (unpaired) electrons. The van der Waals surface area contributed by atoms with E-state index >= 15 is 0 Å². The molecular weight excluding hydrogens is 416 g/mol. The molecule has 0 aliphatic carbocycles. The van der Waals surface area contributed by atoms with Gasteiger partial charge in [-0.05, 0) is 61.7 Å². The molecule has 0 bridgehead atoms. The fraction of sp³-hybridized carbons (Fsp3) is 0.481. The quantitative estimate of drug-likeness (QED) is 0.530. The van der Waals surface area contributed by atoms with Crippen LogP contribution in [0.3, 0.4) is 0 Å². The number of amides is 1. The molecule has 0 saturated heterocycles. The van der Waals surface area contributed by atoms with Crippen molar-refractivity contribution in [1.29, 1.82) is 0 Å². The number of carbonyl (C=O) groups excluding carboxylic acids is 2. The van der Waals surface area contributed by atoms with Crippen molar-refractivity contribution in [2.75, 3.05) is 26.2 Å². The first-order valence-corrected chi connectivity index (χ1v) is 11.8. The second-order valence-corrected chi connectivity index (χ2v) is 9.66. The number of ketones is 1. The third-order valence-electron chi connectivity index (χ3n) is 6.37. The Morgan fingerprint density at radius 1 is 1.09 bits per heavy atom. The van der Waals surface area contributed by atoms with Gasteiger partial charge in [-0.15, -0.1) is 0 Å². The number of aliphatic hydroxyl groups is 1. The molecule has 0 fully saturated rings. The zero-order valence-electron chi connectivity index (χ0n) is 20.6. The molecule has 0 unspecified atom stereocenters. The summed E-state index contributed by atoms with van der Waals surface area (Å²) in [5.41, 5.74) is 2.03. The average Bonchev–Trinajstić information content (AvgIpc) is 3.32. The fourth-order valence-electron chi connectivity index (χ4n) is 4.32. The minimum absolute atomic E-state index is 0.0181. The van der Waals surface area contributed by atoms with Crippen LogP contribution in [0.5, 0.6) is 0 Å². The summed E-state index contributed by atoms with van der Waals surface area (Å²) in [5.74, 6) is -0.717. The molecule has 1 aromatic carbocycles. The van der Waals surface area contributed by atoms with E-state index in [2.05, 4.69) is 39.5 Å². The molecule has 0 saturated carbocycles. The van der Waals surface area contributed by atoms with Crippen molar-refractivity contribution >= 4 is 11.7 Å². The maximum absolute atomic E-state index is 13.3. The topological polar surface area (TPSA) is 74.0 Å². The Hall–Kier alpha value is -2.86. The van der Waals surface area contributed by atoms with Crippen LogP contribution in [0.4, 0.5) is 0 Å². The van der Waals surface area contributed by atoms with Gasteiger partial charge in [-0.2, -0.15) is 0 Å². The third-order valence-corrected chi connectivity index (χ3v) is 6.37. The van der Waals surface area contributed by atoms with Crippen molar-refractivity contribution in [2.45, 2.75) is 59.4 Å². The third kappa shape index (κ3) is 5.22. The summed E-state index contributed by atoms with van der Waals surface area (Å²) in [6.07, 6.45) is 0.749. The van der Waals surface area contributed by atoms with Gasteiger partial charge in [0.05, 0.1) is 11.6 Å². The number of Topliss-reactive ketones (excluding diaryl/α,β-unsaturated/α-hetero) is 1. The van der Waals surface area contributed by atoms with Crippen LogP contribution in [0.25, 0.3) is 0 Å². The Kier molecular flexibility index (Phi) is 7.48. The summed E-state index contributed by atoms with van der Waals surface area (Å²) in [7, 11) is 0. The second-order valence-electron chi connectivity index (χ2n) is 9.66. The number of hydrogen-bond acceptors (Lipinski definition) is 5. The van der Waals surface area contributed by atoms with Gasteiger partial charge >= 0.3 is 0 Å². The lowest BCUT2D eigenvalue weighted by atomic mass is 9.85. The highest BCUT2D eigenvalue weighted by molar-refractivity contribution is 6.15. The number of rotatable bonds is 9. The monoisotopic (exact) mass is 452 g/mol. The summed E-state index contributed by atoms with van der Waals surface area (Å²) in [6, 6.07) is 10.6. The molecule has 1 aliphatic rings. The highest BCUT2D eigenvalue weighted by Gasteiger charge is 2.44. The smallest absolute Gasteiger partial charge is 0.290 e. The van der Waals surface area contributed by atoms with Crippen molar-refractivity contribution in [2.24, 2.45) is 0 Å². The van der Waals surface area contributed by atoms with Crippen LogP contribution in [-0.2, 0) is 10.2 Å². The Morgan fingerprint density at radius 2 is 1.73 bits per heavy atom. The molecule has 3 rings (SSSR count). The molecule has 0 spiro atoms. The lowest BCUT2D eigenvalue weighted by Crippen LogP contribution is -2.34. The number of hydrogen-bond donors (Lipinski definition) is 1. The van der Waals surface area contributed by atoms with Crippen LogP contribution in [0.2, 0.25) is 0 Å². The highest BCUT2D eigenvalue weighted by Crippen LogP contribution is 2.39. The highest BCUT2D eigenvalue weighted by atomic mass is 16.3. The lowest BCUT2D eigenvalue weighted by molar-refractivity contribution is -0.129. The van der Waals surface area contributed by atoms with E-state index in [0.29, 0.717) is 12.3 Å². The Bertz CT molecular complexity index is 1020. The van der Waals surface area contributed by atoms with E-state index in [4.69, 9.17) is 4.42 Å². The first-order valence-electron chi connectivity index (χ1n) is 11.8. The molecule has 1 atom stereocenters. The van der Waals surface area contributed by atoms with E-state index < -0.39 is 23.5 Å². The molecule has 2 heterocycles. The minimum atomic E-state index is -0.652. The first-order chi connectivity index (χ1) is 15.6. The van der Waals surface area contributed by atoms with Crippen molar-refractivity contribution in [3.63, 3.8) is 0 Å². The average molecular weight is 453 g/mol. The molecule has 33 heavy (non-hydrogen) atoms. The van der Waals surface area contributed by atoms with Gasteiger partial charge in [0.2, 0.25) is 5.78 Å². The van der Waals surface area contributed by atoms with Gasteiger partial charge < -0.3 is 19.3 Å². The first kappa shape index (κ1) is 24.8. The van der Waals surface area contributed by atoms with Crippen LogP contribution in [0.1, 0.15) is 74.5 Å². The lowest BCUT2D eigenvalue weighted by Gasteiger charge is -2.28. The number of carbonyl (C=O) groups is 2. The molecule has 6 heteroatoms. The number of nitrogens with zero attached hydrogens (tertiary/aromatic N) is 2. The van der Waals surface area contributed by atoms with Crippen molar-refractivity contribution in [3.05, 3.63) is 70.4 Å². The van der Waals surface area contributed by atoms with Crippen LogP contribution in [0, 0.1) is 6.92 Å². The van der Waals surface area contributed by atoms with Crippen molar-refractivity contribution in [1.82, 2.24) is 9.80 Å². The van der Waals surface area contributed by atoms with E-state index in [1.165, 1.54) is 0 Å². The molecule has 1 aromatic heterocycles. The van der Waals surface area contributed by atoms with E-state index in [9.17, 15) is 14.7 Å². The van der Waals surface area contributed by atoms with E-state index in [-0.39, 0.29) is 16.7 Å². The number of benzene rings is 1. The summed E-state index contributed by atoms with van der Waals surface area (Å²) in [6.45, 7) is 15.6. The zero-order chi connectivity index (χ0) is 24.3. The van der Waals surface area contributed by atoms with Crippen LogP contribution in [0.15, 0.2) is 52.1 Å². The largest absolute Gasteiger partial charge is 0.503 e. The van der Waals surface area contributed by atoms with E-state index in [0.717, 1.165) is 37.2 Å². The van der Waals surface area contributed by atoms with Crippen LogP contribution < -0.4 is 0 Å². The molecule has 2 aromatic rings. The van der Waals surface area contributed by atoms with Crippen LogP contribution >= 0.6 is 0 Å². The predicted octanol–water partition coefficient (Wildman–Crippen LogP) is 5.20. The van der Waals surface area contributed by atoms with Gasteiger partial charge in [-0.25, -0.2) is 0 Å². The SMILES string of the molecule is CCN(CC)CCCN1C(=O)C(O)=C(C(=O)c2ccc(C)o2)[C@H]1c1ccc(C(C)(C)C)cc1. The number of aryl methyl sites for hydroxylation is 1. The molecule has 6 nitrogen and oxygen atoms in total. The summed E-state index contributed by atoms with van der Waals surface area (Å²) in [4.78, 5) is 30.4. The summed E-state index contributed by atoms with van der Waals surface area (Å²) >= 11 is 0. The van der Waals surface area contributed by atoms with E-state index in [1.807, 2.05) is 24.3 Å². The van der Waals surface area contributed by atoms with E-state index in [1.54, 1.807) is 24.0 Å². The maximum Gasteiger partial charge on any atom is 0.290 e. The van der Waals surface area contributed by atoms with Crippen LogP contribution in [-0.4, -0.2) is 52.8 Å².